The number of aromatic nitrogens is 2. The summed E-state index contributed by atoms with van der Waals surface area (Å²) in [4.78, 5) is 7.04. The molecule has 6 nitrogen and oxygen atoms in total. The molecule has 1 aromatic rings. The van der Waals surface area contributed by atoms with Crippen molar-refractivity contribution in [2.24, 2.45) is 5.73 Å². The maximum atomic E-state index is 11.5. The van der Waals surface area contributed by atoms with Crippen molar-refractivity contribution in [1.82, 2.24) is 14.7 Å². The molecule has 0 amide bonds. The van der Waals surface area contributed by atoms with Crippen LogP contribution in [0.1, 0.15) is 25.1 Å². The Morgan fingerprint density at radius 3 is 2.82 bits per heavy atom. The van der Waals surface area contributed by atoms with Crippen LogP contribution in [0.5, 0.6) is 0 Å². The molecule has 17 heavy (non-hydrogen) atoms. The van der Waals surface area contributed by atoms with Crippen LogP contribution in [0.25, 0.3) is 0 Å². The summed E-state index contributed by atoms with van der Waals surface area (Å²) in [6.07, 6.45) is 6.29. The van der Waals surface area contributed by atoms with Crippen LogP contribution < -0.4 is 10.5 Å². The molecule has 0 bridgehead atoms. The first-order valence-corrected chi connectivity index (χ1v) is 7.45. The van der Waals surface area contributed by atoms with Gasteiger partial charge < -0.3 is 10.7 Å². The second-order valence-electron chi connectivity index (χ2n) is 3.85. The lowest BCUT2D eigenvalue weighted by atomic mass is 10.3. The molecule has 0 aliphatic carbocycles. The fourth-order valence-electron chi connectivity index (χ4n) is 1.43. The lowest BCUT2D eigenvalue weighted by molar-refractivity contribution is 0.574. The highest BCUT2D eigenvalue weighted by atomic mass is 32.2. The fraction of sp³-hybridized carbons (Fsp3) is 0.700. The number of nitrogens with one attached hydrogen (secondary N) is 2. The molecule has 0 radical (unpaired) electrons. The van der Waals surface area contributed by atoms with Gasteiger partial charge in [-0.1, -0.05) is 0 Å². The van der Waals surface area contributed by atoms with Gasteiger partial charge in [-0.15, -0.1) is 0 Å². The fourth-order valence-corrected chi connectivity index (χ4v) is 2.61. The number of unbranched alkanes of at least 4 members (excludes halogenated alkanes) is 1. The van der Waals surface area contributed by atoms with Gasteiger partial charge in [-0.3, -0.25) is 0 Å². The van der Waals surface area contributed by atoms with Gasteiger partial charge in [0.1, 0.15) is 5.82 Å². The van der Waals surface area contributed by atoms with E-state index in [1.165, 1.54) is 0 Å². The lowest BCUT2D eigenvalue weighted by Crippen LogP contribution is -2.28. The molecule has 1 rings (SSSR count). The van der Waals surface area contributed by atoms with E-state index < -0.39 is 10.0 Å². The predicted molar refractivity (Wildman–Crippen MR) is 67.0 cm³/mol. The minimum Gasteiger partial charge on any atom is -0.349 e. The standard InChI is InChI=1S/C10H20N4O2S/c11-5-1-2-9-17(15,16)14-6-3-4-10-12-7-8-13-10/h7-8,14H,1-6,9,11H2,(H,12,13). The second kappa shape index (κ2) is 7.41. The summed E-state index contributed by atoms with van der Waals surface area (Å²) in [5.74, 6) is 1.04. The second-order valence-corrected chi connectivity index (χ2v) is 5.77. The Hall–Kier alpha value is -0.920. The van der Waals surface area contributed by atoms with E-state index >= 15 is 0 Å². The van der Waals surface area contributed by atoms with Crippen molar-refractivity contribution in [3.63, 3.8) is 0 Å². The van der Waals surface area contributed by atoms with E-state index in [0.29, 0.717) is 19.5 Å². The summed E-state index contributed by atoms with van der Waals surface area (Å²) < 4.78 is 25.6. The van der Waals surface area contributed by atoms with Crippen LogP contribution in [-0.4, -0.2) is 37.2 Å². The van der Waals surface area contributed by atoms with Crippen molar-refractivity contribution in [3.05, 3.63) is 18.2 Å². The van der Waals surface area contributed by atoms with Crippen LogP contribution >= 0.6 is 0 Å². The molecule has 0 atom stereocenters. The van der Waals surface area contributed by atoms with E-state index in [9.17, 15) is 8.42 Å². The lowest BCUT2D eigenvalue weighted by Gasteiger charge is -2.05. The van der Waals surface area contributed by atoms with Gasteiger partial charge >= 0.3 is 0 Å². The van der Waals surface area contributed by atoms with Crippen LogP contribution in [0.4, 0.5) is 0 Å². The van der Waals surface area contributed by atoms with Gasteiger partial charge in [0.2, 0.25) is 10.0 Å². The molecule has 1 heterocycles. The molecule has 0 spiro atoms. The van der Waals surface area contributed by atoms with Gasteiger partial charge in [-0.05, 0) is 25.8 Å². The number of nitrogens with zero attached hydrogens (tertiary/aromatic N) is 1. The normalized spacial score (nSPS) is 11.8. The Labute approximate surface area is 102 Å². The number of imidazole rings is 1. The van der Waals surface area contributed by atoms with E-state index in [1.54, 1.807) is 12.4 Å². The summed E-state index contributed by atoms with van der Waals surface area (Å²) in [6, 6.07) is 0. The van der Waals surface area contributed by atoms with Crippen LogP contribution in [0.15, 0.2) is 12.4 Å². The van der Waals surface area contributed by atoms with E-state index in [1.807, 2.05) is 0 Å². The highest BCUT2D eigenvalue weighted by Gasteiger charge is 2.08. The van der Waals surface area contributed by atoms with Crippen LogP contribution in [0.2, 0.25) is 0 Å². The average molecular weight is 260 g/mol. The maximum Gasteiger partial charge on any atom is 0.211 e. The Kier molecular flexibility index (Phi) is 6.17. The highest BCUT2D eigenvalue weighted by Crippen LogP contribution is 1.96. The Balaban J connectivity index is 2.12. The van der Waals surface area contributed by atoms with Gasteiger partial charge in [0.05, 0.1) is 5.75 Å². The molecule has 7 heteroatoms. The monoisotopic (exact) mass is 260 g/mol. The van der Waals surface area contributed by atoms with Gasteiger partial charge in [-0.2, -0.15) is 0 Å². The summed E-state index contributed by atoms with van der Waals surface area (Å²) >= 11 is 0. The summed E-state index contributed by atoms with van der Waals surface area (Å²) in [5, 5.41) is 0. The molecule has 0 unspecified atom stereocenters. The third kappa shape index (κ3) is 6.40. The first kappa shape index (κ1) is 14.1. The zero-order valence-corrected chi connectivity index (χ0v) is 10.7. The first-order chi connectivity index (χ1) is 8.14. The Morgan fingerprint density at radius 1 is 1.35 bits per heavy atom. The van der Waals surface area contributed by atoms with Gasteiger partial charge in [0.15, 0.2) is 0 Å². The quantitative estimate of drug-likeness (QED) is 0.544. The molecule has 0 saturated heterocycles. The molecular formula is C10H20N4O2S. The number of hydrogen-bond donors (Lipinski definition) is 3. The minimum atomic E-state index is -3.13. The maximum absolute atomic E-state index is 11.5. The largest absolute Gasteiger partial charge is 0.349 e. The average Bonchev–Trinajstić information content (AvgIpc) is 2.77. The van der Waals surface area contributed by atoms with Crippen LogP contribution in [-0.2, 0) is 16.4 Å². The molecule has 0 fully saturated rings. The molecule has 4 N–H and O–H groups in total. The number of sulfonamides is 1. The summed E-state index contributed by atoms with van der Waals surface area (Å²) in [5.41, 5.74) is 5.31. The highest BCUT2D eigenvalue weighted by molar-refractivity contribution is 7.89. The molecule has 0 aromatic carbocycles. The molecule has 1 aromatic heterocycles. The van der Waals surface area contributed by atoms with Crippen molar-refractivity contribution >= 4 is 10.0 Å². The third-order valence-corrected chi connectivity index (χ3v) is 3.80. The van der Waals surface area contributed by atoms with Crippen LogP contribution in [0.3, 0.4) is 0 Å². The van der Waals surface area contributed by atoms with Crippen molar-refractivity contribution in [2.45, 2.75) is 25.7 Å². The zero-order valence-electron chi connectivity index (χ0n) is 9.85. The first-order valence-electron chi connectivity index (χ1n) is 5.80. The van der Waals surface area contributed by atoms with E-state index in [-0.39, 0.29) is 5.75 Å². The number of rotatable bonds is 9. The molecule has 0 saturated carbocycles. The Bertz CT molecular complexity index is 388. The van der Waals surface area contributed by atoms with E-state index in [4.69, 9.17) is 5.73 Å². The van der Waals surface area contributed by atoms with Crippen molar-refractivity contribution in [3.8, 4) is 0 Å². The third-order valence-electron chi connectivity index (χ3n) is 2.33. The zero-order chi connectivity index (χ0) is 12.6. The smallest absolute Gasteiger partial charge is 0.211 e. The number of H-pyrrole nitrogens is 1. The van der Waals surface area contributed by atoms with Crippen LogP contribution in [0, 0.1) is 0 Å². The minimum absolute atomic E-state index is 0.158. The van der Waals surface area contributed by atoms with Crippen molar-refractivity contribution in [2.75, 3.05) is 18.8 Å². The number of aryl methyl sites for hydroxylation is 1. The van der Waals surface area contributed by atoms with Gasteiger partial charge in [0.25, 0.3) is 0 Å². The predicted octanol–water partition coefficient (Wildman–Crippen LogP) is 0.000600. The number of hydrogen-bond acceptors (Lipinski definition) is 4. The molecular weight excluding hydrogens is 240 g/mol. The van der Waals surface area contributed by atoms with Crippen molar-refractivity contribution in [1.29, 1.82) is 0 Å². The summed E-state index contributed by atoms with van der Waals surface area (Å²) in [7, 11) is -3.13. The number of aromatic amines is 1. The molecule has 0 aliphatic rings. The van der Waals surface area contributed by atoms with E-state index in [2.05, 4.69) is 14.7 Å². The summed E-state index contributed by atoms with van der Waals surface area (Å²) in [6.45, 7) is 0.986. The van der Waals surface area contributed by atoms with Crippen molar-refractivity contribution < 1.29 is 8.42 Å². The Morgan fingerprint density at radius 2 is 2.18 bits per heavy atom. The van der Waals surface area contributed by atoms with Gasteiger partial charge in [0, 0.05) is 25.4 Å². The van der Waals surface area contributed by atoms with Gasteiger partial charge in [-0.25, -0.2) is 18.1 Å². The number of nitrogens with two attached hydrogens (primary N) is 1. The molecule has 0 aliphatic heterocycles. The van der Waals surface area contributed by atoms with E-state index in [0.717, 1.165) is 25.1 Å². The SMILES string of the molecule is NCCCCS(=O)(=O)NCCCc1ncc[nH]1. The molecule has 98 valence electrons. The topological polar surface area (TPSA) is 101 Å².